The zero-order valence-electron chi connectivity index (χ0n) is 30.3. The van der Waals surface area contributed by atoms with E-state index in [1.807, 2.05) is 23.1 Å². The number of anilines is 2. The Morgan fingerprint density at radius 3 is 1.84 bits per heavy atom. The van der Waals surface area contributed by atoms with Crippen molar-refractivity contribution >= 4 is 65.4 Å². The van der Waals surface area contributed by atoms with Crippen LogP contribution in [0.5, 0.6) is 0 Å². The third-order valence-corrected chi connectivity index (χ3v) is 14.3. The van der Waals surface area contributed by atoms with Gasteiger partial charge in [0.05, 0.1) is 5.41 Å². The molecule has 12 rings (SSSR count). The number of fused-ring (bicyclic) bond motifs is 13. The van der Waals surface area contributed by atoms with Gasteiger partial charge in [-0.25, -0.2) is 0 Å². The topological polar surface area (TPSA) is 12.0 Å². The van der Waals surface area contributed by atoms with Gasteiger partial charge in [0.15, 0.2) is 0 Å². The lowest BCUT2D eigenvalue weighted by Crippen LogP contribution is -2.32. The average molecular weight is 748 g/mol. The van der Waals surface area contributed by atoms with E-state index in [0.717, 1.165) is 11.4 Å². The largest absolute Gasteiger partial charge is 0.355 e. The quantitative estimate of drug-likeness (QED) is 0.192. The van der Waals surface area contributed by atoms with Gasteiger partial charge in [0.25, 0.3) is 0 Å². The van der Waals surface area contributed by atoms with E-state index in [4.69, 9.17) is 0 Å². The Kier molecular flexibility index (Phi) is 7.01. The molecule has 1 aliphatic carbocycles. The van der Waals surface area contributed by atoms with Gasteiger partial charge in [-0.2, -0.15) is 0 Å². The van der Waals surface area contributed by atoms with E-state index in [9.17, 15) is 0 Å². The minimum absolute atomic E-state index is 0.400. The third-order valence-electron chi connectivity index (χ3n) is 11.9. The fourth-order valence-corrected chi connectivity index (χ4v) is 12.0. The number of hydrogen-bond donors (Lipinski definition) is 1. The van der Waals surface area contributed by atoms with Crippen molar-refractivity contribution in [2.75, 3.05) is 5.32 Å². The molecule has 10 aromatic rings. The summed E-state index contributed by atoms with van der Waals surface area (Å²) in [5.41, 5.74) is 14.8. The second-order valence-electron chi connectivity index (χ2n) is 14.8. The Hall–Kier alpha value is -6.39. The molecule has 1 nitrogen and oxygen atoms in total. The molecule has 0 unspecified atom stereocenters. The van der Waals surface area contributed by atoms with Gasteiger partial charge in [0, 0.05) is 46.7 Å². The Morgan fingerprint density at radius 1 is 0.375 bits per heavy atom. The molecule has 56 heavy (non-hydrogen) atoms. The fourth-order valence-electron chi connectivity index (χ4n) is 9.59. The summed E-state index contributed by atoms with van der Waals surface area (Å²) in [7, 11) is 0. The minimum atomic E-state index is -0.400. The zero-order valence-corrected chi connectivity index (χ0v) is 31.9. The molecule has 0 atom stereocenters. The molecule has 0 fully saturated rings. The number of thiophene rings is 1. The molecule has 1 N–H and O–H groups in total. The highest BCUT2D eigenvalue weighted by Crippen LogP contribution is 2.62. The van der Waals surface area contributed by atoms with Crippen LogP contribution in [0.3, 0.4) is 0 Å². The molecule has 0 saturated carbocycles. The maximum absolute atomic E-state index is 3.83. The molecule has 3 heteroatoms. The number of hydrogen-bond acceptors (Lipinski definition) is 3. The lowest BCUT2D eigenvalue weighted by molar-refractivity contribution is 0.723. The molecule has 1 spiro atoms. The molecule has 0 amide bonds. The third kappa shape index (κ3) is 4.56. The van der Waals surface area contributed by atoms with Gasteiger partial charge in [0.2, 0.25) is 0 Å². The zero-order chi connectivity index (χ0) is 36.8. The van der Waals surface area contributed by atoms with Crippen LogP contribution in [-0.2, 0) is 5.41 Å². The first-order chi connectivity index (χ1) is 27.8. The molecule has 9 aromatic carbocycles. The van der Waals surface area contributed by atoms with Crippen molar-refractivity contribution in [3.8, 4) is 33.4 Å². The van der Waals surface area contributed by atoms with Crippen LogP contribution in [0, 0.1) is 0 Å². The Bertz CT molecular complexity index is 3180. The monoisotopic (exact) mass is 747 g/mol. The summed E-state index contributed by atoms with van der Waals surface area (Å²) >= 11 is 3.77. The second kappa shape index (κ2) is 12.3. The van der Waals surface area contributed by atoms with Gasteiger partial charge >= 0.3 is 0 Å². The summed E-state index contributed by atoms with van der Waals surface area (Å²) in [6, 6.07) is 72.0. The average Bonchev–Trinajstić information content (AvgIpc) is 3.78. The first-order valence-electron chi connectivity index (χ1n) is 19.2. The molecular formula is C53H33NS2. The molecular weight excluding hydrogens is 715 g/mol. The van der Waals surface area contributed by atoms with E-state index < -0.39 is 5.41 Å². The normalized spacial score (nSPS) is 13.4. The number of benzene rings is 9. The predicted octanol–water partition coefficient (Wildman–Crippen LogP) is 15.1. The van der Waals surface area contributed by atoms with Gasteiger partial charge in [-0.15, -0.1) is 11.3 Å². The van der Waals surface area contributed by atoms with E-state index in [0.29, 0.717) is 0 Å². The smallest absolute Gasteiger partial charge is 0.0735 e. The van der Waals surface area contributed by atoms with Crippen LogP contribution in [-0.4, -0.2) is 0 Å². The van der Waals surface area contributed by atoms with E-state index >= 15 is 0 Å². The standard InChI is InChI=1S/C53H33NS2/c1-4-23-44-39(15-1)40-16-2-5-24-45(40)53(44)46-25-6-8-28-50(46)55-51-30-29-34(32-47(51)53)36-18-10-21-41-38(36)20-12-26-48(41)54-35-14-9-13-33(31-35)37-19-11-22-43-42-17-3-7-27-49(42)56-52(37)43/h1-32,54H. The lowest BCUT2D eigenvalue weighted by Gasteiger charge is -2.40. The van der Waals surface area contributed by atoms with Crippen LogP contribution in [0.1, 0.15) is 22.3 Å². The Morgan fingerprint density at radius 2 is 0.982 bits per heavy atom. The van der Waals surface area contributed by atoms with Crippen molar-refractivity contribution in [1.29, 1.82) is 0 Å². The maximum atomic E-state index is 3.83. The van der Waals surface area contributed by atoms with Gasteiger partial charge in [-0.1, -0.05) is 163 Å². The maximum Gasteiger partial charge on any atom is 0.0735 e. The molecule has 2 heterocycles. The summed E-state index contributed by atoms with van der Waals surface area (Å²) in [6.07, 6.45) is 0. The van der Waals surface area contributed by atoms with Crippen molar-refractivity contribution in [3.63, 3.8) is 0 Å². The van der Waals surface area contributed by atoms with Crippen molar-refractivity contribution in [2.45, 2.75) is 15.2 Å². The molecule has 1 aromatic heterocycles. The van der Waals surface area contributed by atoms with E-state index in [1.165, 1.54) is 96.4 Å². The lowest BCUT2D eigenvalue weighted by atomic mass is 9.67. The van der Waals surface area contributed by atoms with Crippen molar-refractivity contribution in [2.24, 2.45) is 0 Å². The van der Waals surface area contributed by atoms with Gasteiger partial charge in [-0.3, -0.25) is 0 Å². The van der Waals surface area contributed by atoms with E-state index in [1.54, 1.807) is 0 Å². The first-order valence-corrected chi connectivity index (χ1v) is 20.8. The highest BCUT2D eigenvalue weighted by atomic mass is 32.2. The van der Waals surface area contributed by atoms with Crippen molar-refractivity contribution < 1.29 is 0 Å². The SMILES string of the molecule is c1cc(Nc2cccc3c(-c4ccc5c(c4)C4(c6ccccc6S5)c5ccccc5-c5ccccc54)cccc23)cc(-c2cccc3c2sc2ccccc23)c1. The first kappa shape index (κ1) is 31.9. The summed E-state index contributed by atoms with van der Waals surface area (Å²) in [5, 5.41) is 8.91. The van der Waals surface area contributed by atoms with E-state index in [-0.39, 0.29) is 0 Å². The van der Waals surface area contributed by atoms with Crippen LogP contribution in [0.15, 0.2) is 204 Å². The summed E-state index contributed by atoms with van der Waals surface area (Å²) in [4.78, 5) is 2.64. The minimum Gasteiger partial charge on any atom is -0.355 e. The Balaban J connectivity index is 0.979. The van der Waals surface area contributed by atoms with Crippen LogP contribution in [0.25, 0.3) is 64.3 Å². The molecule has 1 aliphatic heterocycles. The van der Waals surface area contributed by atoms with Gasteiger partial charge in [-0.05, 0) is 103 Å². The van der Waals surface area contributed by atoms with Crippen LogP contribution >= 0.6 is 23.1 Å². The van der Waals surface area contributed by atoms with Crippen molar-refractivity contribution in [1.82, 2.24) is 0 Å². The number of rotatable bonds is 4. The second-order valence-corrected chi connectivity index (χ2v) is 17.0. The van der Waals surface area contributed by atoms with Crippen LogP contribution in [0.2, 0.25) is 0 Å². The summed E-state index contributed by atoms with van der Waals surface area (Å²) < 4.78 is 2.66. The van der Waals surface area contributed by atoms with Gasteiger partial charge < -0.3 is 5.32 Å². The van der Waals surface area contributed by atoms with E-state index in [2.05, 4.69) is 199 Å². The highest BCUT2D eigenvalue weighted by molar-refractivity contribution is 7.99. The number of nitrogens with one attached hydrogen (secondary N) is 1. The summed E-state index contributed by atoms with van der Waals surface area (Å²) in [5.74, 6) is 0. The fraction of sp³-hybridized carbons (Fsp3) is 0.0189. The van der Waals surface area contributed by atoms with Crippen LogP contribution < -0.4 is 5.32 Å². The van der Waals surface area contributed by atoms with Crippen molar-refractivity contribution in [3.05, 3.63) is 216 Å². The molecule has 262 valence electrons. The highest BCUT2D eigenvalue weighted by Gasteiger charge is 2.50. The molecule has 2 aliphatic rings. The van der Waals surface area contributed by atoms with Crippen LogP contribution in [0.4, 0.5) is 11.4 Å². The Labute approximate surface area is 333 Å². The molecule has 0 bridgehead atoms. The summed E-state index contributed by atoms with van der Waals surface area (Å²) in [6.45, 7) is 0. The van der Waals surface area contributed by atoms with Gasteiger partial charge in [0.1, 0.15) is 0 Å². The predicted molar refractivity (Wildman–Crippen MR) is 239 cm³/mol. The molecule has 0 radical (unpaired) electrons. The molecule has 0 saturated heterocycles.